The third kappa shape index (κ3) is 4.30. The molecule has 0 unspecified atom stereocenters. The summed E-state index contributed by atoms with van der Waals surface area (Å²) in [4.78, 5) is 24.5. The van der Waals surface area contributed by atoms with Crippen molar-refractivity contribution in [2.24, 2.45) is 0 Å². The van der Waals surface area contributed by atoms with Crippen molar-refractivity contribution in [2.45, 2.75) is 6.92 Å². The summed E-state index contributed by atoms with van der Waals surface area (Å²) in [5.74, 6) is -0.717. The Bertz CT molecular complexity index is 973. The van der Waals surface area contributed by atoms with Crippen molar-refractivity contribution in [1.82, 2.24) is 9.78 Å². The maximum Gasteiger partial charge on any atom is 0.359 e. The molecule has 6 heteroatoms. The standard InChI is InChI=1S/C21H18N2O4/c1-2-27-21(26)20-16(14-23(22-20)17-6-4-3-5-7-17)10-13-19(25)15-8-11-18(24)12-9-15/h3-14,24H,2H2,1H3/b13-10+. The quantitative estimate of drug-likeness (QED) is 0.411. The molecule has 0 aliphatic rings. The molecule has 0 bridgehead atoms. The van der Waals surface area contributed by atoms with Gasteiger partial charge in [-0.05, 0) is 55.5 Å². The number of phenols is 1. The van der Waals surface area contributed by atoms with Gasteiger partial charge in [0, 0.05) is 17.3 Å². The first-order valence-electron chi connectivity index (χ1n) is 8.42. The molecule has 0 amide bonds. The highest BCUT2D eigenvalue weighted by molar-refractivity contribution is 6.07. The van der Waals surface area contributed by atoms with Gasteiger partial charge in [-0.25, -0.2) is 9.48 Å². The molecule has 6 nitrogen and oxygen atoms in total. The number of carbonyl (C=O) groups is 2. The molecule has 27 heavy (non-hydrogen) atoms. The normalized spacial score (nSPS) is 10.9. The molecule has 0 radical (unpaired) electrons. The number of carbonyl (C=O) groups excluding carboxylic acids is 2. The monoisotopic (exact) mass is 362 g/mol. The lowest BCUT2D eigenvalue weighted by Crippen LogP contribution is -2.08. The van der Waals surface area contributed by atoms with Crippen molar-refractivity contribution in [2.75, 3.05) is 6.61 Å². The minimum atomic E-state index is -0.552. The first-order chi connectivity index (χ1) is 13.1. The van der Waals surface area contributed by atoms with E-state index in [4.69, 9.17) is 4.74 Å². The number of ketones is 1. The number of phenolic OH excluding ortho intramolecular Hbond substituents is 1. The molecule has 0 saturated carbocycles. The molecule has 0 atom stereocenters. The fourth-order valence-electron chi connectivity index (χ4n) is 2.47. The van der Waals surface area contributed by atoms with Gasteiger partial charge in [-0.1, -0.05) is 18.2 Å². The molecular weight excluding hydrogens is 344 g/mol. The third-order valence-corrected chi connectivity index (χ3v) is 3.80. The topological polar surface area (TPSA) is 81.4 Å². The van der Waals surface area contributed by atoms with E-state index in [1.54, 1.807) is 17.8 Å². The van der Waals surface area contributed by atoms with Gasteiger partial charge in [0.1, 0.15) is 5.75 Å². The Kier molecular flexibility index (Phi) is 5.47. The predicted molar refractivity (Wildman–Crippen MR) is 101 cm³/mol. The molecule has 136 valence electrons. The minimum absolute atomic E-state index is 0.0873. The summed E-state index contributed by atoms with van der Waals surface area (Å²) in [6.07, 6.45) is 4.57. The Morgan fingerprint density at radius 1 is 1.11 bits per heavy atom. The molecule has 0 spiro atoms. The first-order valence-corrected chi connectivity index (χ1v) is 8.42. The van der Waals surface area contributed by atoms with E-state index >= 15 is 0 Å². The molecule has 0 saturated heterocycles. The lowest BCUT2D eigenvalue weighted by Gasteiger charge is -2.00. The fourth-order valence-corrected chi connectivity index (χ4v) is 2.47. The Morgan fingerprint density at radius 2 is 1.81 bits per heavy atom. The van der Waals surface area contributed by atoms with Crippen LogP contribution in [0.2, 0.25) is 0 Å². The average Bonchev–Trinajstić information content (AvgIpc) is 3.12. The number of aromatic hydroxyl groups is 1. The summed E-state index contributed by atoms with van der Waals surface area (Å²) in [5.41, 5.74) is 1.82. The number of hydrogen-bond donors (Lipinski definition) is 1. The molecule has 0 fully saturated rings. The molecule has 3 aromatic rings. The van der Waals surface area contributed by atoms with Crippen LogP contribution in [-0.4, -0.2) is 33.2 Å². The number of allylic oxidation sites excluding steroid dienone is 1. The second kappa shape index (κ2) is 8.14. The summed E-state index contributed by atoms with van der Waals surface area (Å²) in [7, 11) is 0. The number of rotatable bonds is 6. The van der Waals surface area contributed by atoms with Crippen LogP contribution in [0.5, 0.6) is 5.75 Å². The van der Waals surface area contributed by atoms with Gasteiger partial charge < -0.3 is 9.84 Å². The maximum atomic E-state index is 12.3. The van der Waals surface area contributed by atoms with E-state index in [1.165, 1.54) is 36.4 Å². The average molecular weight is 362 g/mol. The van der Waals surface area contributed by atoms with Crippen LogP contribution in [0.25, 0.3) is 11.8 Å². The Morgan fingerprint density at radius 3 is 2.48 bits per heavy atom. The minimum Gasteiger partial charge on any atom is -0.508 e. The van der Waals surface area contributed by atoms with Crippen molar-refractivity contribution < 1.29 is 19.4 Å². The summed E-state index contributed by atoms with van der Waals surface area (Å²) >= 11 is 0. The second-order valence-electron chi connectivity index (χ2n) is 5.68. The van der Waals surface area contributed by atoms with Gasteiger partial charge in [0.15, 0.2) is 11.5 Å². The number of benzene rings is 2. The van der Waals surface area contributed by atoms with Crippen LogP contribution in [-0.2, 0) is 4.74 Å². The summed E-state index contributed by atoms with van der Waals surface area (Å²) < 4.78 is 6.63. The van der Waals surface area contributed by atoms with Crippen LogP contribution in [0.1, 0.15) is 33.3 Å². The summed E-state index contributed by atoms with van der Waals surface area (Å²) in [6.45, 7) is 1.95. The Labute approximate surface area is 156 Å². The van der Waals surface area contributed by atoms with Gasteiger partial charge in [0.25, 0.3) is 0 Å². The highest BCUT2D eigenvalue weighted by atomic mass is 16.5. The SMILES string of the molecule is CCOC(=O)c1nn(-c2ccccc2)cc1/C=C/C(=O)c1ccc(O)cc1. The van der Waals surface area contributed by atoms with Crippen molar-refractivity contribution >= 4 is 17.8 Å². The van der Waals surface area contributed by atoms with Crippen molar-refractivity contribution in [3.05, 3.63) is 83.7 Å². The van der Waals surface area contributed by atoms with E-state index in [0.717, 1.165) is 5.69 Å². The highest BCUT2D eigenvalue weighted by Gasteiger charge is 2.17. The van der Waals surface area contributed by atoms with Crippen LogP contribution in [0, 0.1) is 0 Å². The third-order valence-electron chi connectivity index (χ3n) is 3.80. The largest absolute Gasteiger partial charge is 0.508 e. The second-order valence-corrected chi connectivity index (χ2v) is 5.68. The van der Waals surface area contributed by atoms with E-state index in [2.05, 4.69) is 5.10 Å². The lowest BCUT2D eigenvalue weighted by molar-refractivity contribution is 0.0518. The van der Waals surface area contributed by atoms with Gasteiger partial charge >= 0.3 is 5.97 Å². The van der Waals surface area contributed by atoms with Gasteiger partial charge in [0.05, 0.1) is 12.3 Å². The number of nitrogens with zero attached hydrogens (tertiary/aromatic N) is 2. The van der Waals surface area contributed by atoms with Crippen LogP contribution in [0.15, 0.2) is 66.9 Å². The van der Waals surface area contributed by atoms with E-state index in [9.17, 15) is 14.7 Å². The molecule has 1 aromatic heterocycles. The van der Waals surface area contributed by atoms with Crippen LogP contribution in [0.4, 0.5) is 0 Å². The highest BCUT2D eigenvalue weighted by Crippen LogP contribution is 2.16. The Balaban J connectivity index is 1.92. The van der Waals surface area contributed by atoms with Crippen LogP contribution in [0.3, 0.4) is 0 Å². The molecule has 3 rings (SSSR count). The molecule has 1 heterocycles. The molecular formula is C21H18N2O4. The fraction of sp³-hybridized carbons (Fsp3) is 0.0952. The predicted octanol–water partition coefficient (Wildman–Crippen LogP) is 3.65. The Hall–Kier alpha value is -3.67. The molecule has 2 aromatic carbocycles. The maximum absolute atomic E-state index is 12.3. The van der Waals surface area contributed by atoms with Crippen molar-refractivity contribution in [3.63, 3.8) is 0 Å². The van der Waals surface area contributed by atoms with Gasteiger partial charge in [0.2, 0.25) is 0 Å². The van der Waals surface area contributed by atoms with E-state index in [0.29, 0.717) is 11.1 Å². The van der Waals surface area contributed by atoms with Gasteiger partial charge in [-0.3, -0.25) is 4.79 Å². The zero-order valence-corrected chi connectivity index (χ0v) is 14.7. The number of ether oxygens (including phenoxy) is 1. The van der Waals surface area contributed by atoms with Gasteiger partial charge in [-0.15, -0.1) is 0 Å². The van der Waals surface area contributed by atoms with Gasteiger partial charge in [-0.2, -0.15) is 5.10 Å². The number of para-hydroxylation sites is 1. The van der Waals surface area contributed by atoms with E-state index in [-0.39, 0.29) is 23.8 Å². The van der Waals surface area contributed by atoms with E-state index < -0.39 is 5.97 Å². The molecule has 0 aliphatic heterocycles. The van der Waals surface area contributed by atoms with Crippen LogP contribution < -0.4 is 0 Å². The zero-order valence-electron chi connectivity index (χ0n) is 14.7. The number of aromatic nitrogens is 2. The number of hydrogen-bond acceptors (Lipinski definition) is 5. The molecule has 0 aliphatic carbocycles. The van der Waals surface area contributed by atoms with Crippen molar-refractivity contribution in [1.29, 1.82) is 0 Å². The van der Waals surface area contributed by atoms with E-state index in [1.807, 2.05) is 30.3 Å². The smallest absolute Gasteiger partial charge is 0.359 e. The molecule has 1 N–H and O–H groups in total. The summed E-state index contributed by atoms with van der Waals surface area (Å²) in [6, 6.07) is 15.3. The van der Waals surface area contributed by atoms with Crippen LogP contribution >= 0.6 is 0 Å². The van der Waals surface area contributed by atoms with Crippen molar-refractivity contribution in [3.8, 4) is 11.4 Å². The lowest BCUT2D eigenvalue weighted by atomic mass is 10.1. The zero-order chi connectivity index (χ0) is 19.2. The number of esters is 1. The first kappa shape index (κ1) is 18.1. The summed E-state index contributed by atoms with van der Waals surface area (Å²) in [5, 5.41) is 13.6.